The minimum absolute atomic E-state index is 0.0212. The zero-order chi connectivity index (χ0) is 15.9. The van der Waals surface area contributed by atoms with E-state index in [1.165, 1.54) is 0 Å². The topological polar surface area (TPSA) is 58.6 Å². The maximum atomic E-state index is 12.1. The molecule has 1 aromatic rings. The van der Waals surface area contributed by atoms with Crippen molar-refractivity contribution in [2.45, 2.75) is 12.8 Å². The lowest BCUT2D eigenvalue weighted by Gasteiger charge is -2.14. The third-order valence-corrected chi connectivity index (χ3v) is 3.78. The van der Waals surface area contributed by atoms with Crippen LogP contribution in [-0.2, 0) is 16.0 Å². The number of likely N-dealkylation sites (tertiary alicyclic amines) is 1. The number of carbonyl (C=O) groups is 2. The molecule has 2 rings (SSSR count). The van der Waals surface area contributed by atoms with E-state index in [0.29, 0.717) is 26.1 Å². The molecular weight excluding hydrogens is 280 g/mol. The van der Waals surface area contributed by atoms with Gasteiger partial charge in [-0.05, 0) is 24.1 Å². The fourth-order valence-corrected chi connectivity index (χ4v) is 2.58. The molecule has 0 aliphatic carbocycles. The highest BCUT2D eigenvalue weighted by atomic mass is 16.5. The van der Waals surface area contributed by atoms with E-state index in [2.05, 4.69) is 11.9 Å². The Bertz CT molecular complexity index is 557. The number of carbonyl (C=O) groups excluding carboxylic acids is 2. The monoisotopic (exact) mass is 302 g/mol. The number of amides is 2. The molecule has 0 spiro atoms. The first-order valence-corrected chi connectivity index (χ1v) is 7.43. The van der Waals surface area contributed by atoms with Crippen LogP contribution in [0.25, 0.3) is 0 Å². The van der Waals surface area contributed by atoms with Crippen LogP contribution < -0.4 is 10.1 Å². The van der Waals surface area contributed by atoms with Crippen molar-refractivity contribution in [1.29, 1.82) is 0 Å². The van der Waals surface area contributed by atoms with Gasteiger partial charge in [0.1, 0.15) is 5.75 Å². The van der Waals surface area contributed by atoms with Crippen LogP contribution in [-0.4, -0.2) is 43.5 Å². The number of nitrogens with zero attached hydrogens (tertiary/aromatic N) is 1. The molecule has 1 heterocycles. The van der Waals surface area contributed by atoms with E-state index in [0.717, 1.165) is 17.7 Å². The summed E-state index contributed by atoms with van der Waals surface area (Å²) in [4.78, 5) is 25.5. The average Bonchev–Trinajstić information content (AvgIpc) is 2.89. The molecule has 0 bridgehead atoms. The van der Waals surface area contributed by atoms with Crippen LogP contribution in [0, 0.1) is 5.92 Å². The van der Waals surface area contributed by atoms with Crippen LogP contribution in [0.2, 0.25) is 0 Å². The van der Waals surface area contributed by atoms with Gasteiger partial charge in [-0.1, -0.05) is 18.2 Å². The van der Waals surface area contributed by atoms with Gasteiger partial charge < -0.3 is 15.0 Å². The molecule has 1 aliphatic rings. The molecule has 5 nitrogen and oxygen atoms in total. The minimum Gasteiger partial charge on any atom is -0.497 e. The van der Waals surface area contributed by atoms with Gasteiger partial charge in [0.2, 0.25) is 11.8 Å². The molecule has 1 atom stereocenters. The Morgan fingerprint density at radius 1 is 1.55 bits per heavy atom. The lowest BCUT2D eigenvalue weighted by molar-refractivity contribution is -0.128. The van der Waals surface area contributed by atoms with Gasteiger partial charge in [0.05, 0.1) is 13.0 Å². The standard InChI is InChI=1S/C17H22N2O3/c1-3-9-19-12-14(11-16(19)20)17(21)18-8-7-13-5-4-6-15(10-13)22-2/h3-6,10,14H,1,7-9,11-12H2,2H3,(H,18,21). The summed E-state index contributed by atoms with van der Waals surface area (Å²) < 4.78 is 5.17. The van der Waals surface area contributed by atoms with E-state index in [1.54, 1.807) is 18.1 Å². The fourth-order valence-electron chi connectivity index (χ4n) is 2.58. The Hall–Kier alpha value is -2.30. The van der Waals surface area contributed by atoms with E-state index in [4.69, 9.17) is 4.74 Å². The SMILES string of the molecule is C=CCN1CC(C(=O)NCCc2cccc(OC)c2)CC1=O. The highest BCUT2D eigenvalue weighted by molar-refractivity contribution is 5.89. The number of ether oxygens (including phenoxy) is 1. The highest BCUT2D eigenvalue weighted by Gasteiger charge is 2.33. The average molecular weight is 302 g/mol. The quantitative estimate of drug-likeness (QED) is 0.774. The van der Waals surface area contributed by atoms with Gasteiger partial charge in [-0.25, -0.2) is 0 Å². The van der Waals surface area contributed by atoms with Crippen LogP contribution >= 0.6 is 0 Å². The Balaban J connectivity index is 1.78. The van der Waals surface area contributed by atoms with Crippen LogP contribution in [0.3, 0.4) is 0 Å². The van der Waals surface area contributed by atoms with Crippen molar-refractivity contribution in [2.75, 3.05) is 26.7 Å². The highest BCUT2D eigenvalue weighted by Crippen LogP contribution is 2.18. The Kier molecular flexibility index (Phi) is 5.58. The maximum absolute atomic E-state index is 12.1. The number of benzene rings is 1. The maximum Gasteiger partial charge on any atom is 0.225 e. The van der Waals surface area contributed by atoms with Crippen molar-refractivity contribution in [2.24, 2.45) is 5.92 Å². The second kappa shape index (κ2) is 7.64. The Morgan fingerprint density at radius 2 is 2.36 bits per heavy atom. The molecule has 1 saturated heterocycles. The summed E-state index contributed by atoms with van der Waals surface area (Å²) in [7, 11) is 1.63. The molecule has 0 radical (unpaired) electrons. The van der Waals surface area contributed by atoms with Gasteiger partial charge in [0.25, 0.3) is 0 Å². The van der Waals surface area contributed by atoms with Crippen LogP contribution in [0.5, 0.6) is 5.75 Å². The number of hydrogen-bond acceptors (Lipinski definition) is 3. The van der Waals surface area contributed by atoms with Gasteiger partial charge in [0, 0.05) is 26.1 Å². The normalized spacial score (nSPS) is 17.4. The molecular formula is C17H22N2O3. The molecule has 1 unspecified atom stereocenters. The molecule has 118 valence electrons. The zero-order valence-corrected chi connectivity index (χ0v) is 12.9. The number of hydrogen-bond donors (Lipinski definition) is 1. The van der Waals surface area contributed by atoms with Crippen molar-refractivity contribution in [3.63, 3.8) is 0 Å². The molecule has 1 fully saturated rings. The molecule has 1 aliphatic heterocycles. The predicted molar refractivity (Wildman–Crippen MR) is 84.6 cm³/mol. The molecule has 1 N–H and O–H groups in total. The first-order chi connectivity index (χ1) is 10.6. The summed E-state index contributed by atoms with van der Waals surface area (Å²) in [5, 5.41) is 2.91. The smallest absolute Gasteiger partial charge is 0.225 e. The lowest BCUT2D eigenvalue weighted by Crippen LogP contribution is -2.34. The lowest BCUT2D eigenvalue weighted by atomic mass is 10.1. The first kappa shape index (κ1) is 16.1. The van der Waals surface area contributed by atoms with E-state index in [9.17, 15) is 9.59 Å². The Labute approximate surface area is 130 Å². The molecule has 0 saturated carbocycles. The summed E-state index contributed by atoms with van der Waals surface area (Å²) in [6.07, 6.45) is 2.71. The number of nitrogens with one attached hydrogen (secondary N) is 1. The van der Waals surface area contributed by atoms with Gasteiger partial charge in [-0.15, -0.1) is 6.58 Å². The molecule has 0 aromatic heterocycles. The van der Waals surface area contributed by atoms with E-state index in [1.807, 2.05) is 24.3 Å². The van der Waals surface area contributed by atoms with E-state index < -0.39 is 0 Å². The first-order valence-electron chi connectivity index (χ1n) is 7.43. The Morgan fingerprint density at radius 3 is 3.09 bits per heavy atom. The zero-order valence-electron chi connectivity index (χ0n) is 12.9. The number of methoxy groups -OCH3 is 1. The van der Waals surface area contributed by atoms with Crippen molar-refractivity contribution in [3.8, 4) is 5.75 Å². The van der Waals surface area contributed by atoms with Crippen molar-refractivity contribution < 1.29 is 14.3 Å². The van der Waals surface area contributed by atoms with E-state index in [-0.39, 0.29) is 17.7 Å². The van der Waals surface area contributed by atoms with Crippen molar-refractivity contribution in [1.82, 2.24) is 10.2 Å². The largest absolute Gasteiger partial charge is 0.497 e. The second-order valence-electron chi connectivity index (χ2n) is 5.38. The number of rotatable bonds is 7. The van der Waals surface area contributed by atoms with Gasteiger partial charge >= 0.3 is 0 Å². The molecule has 2 amide bonds. The molecule has 1 aromatic carbocycles. The summed E-state index contributed by atoms with van der Waals surface area (Å²) in [5.41, 5.74) is 1.11. The van der Waals surface area contributed by atoms with Gasteiger partial charge in [-0.3, -0.25) is 9.59 Å². The molecule has 5 heteroatoms. The van der Waals surface area contributed by atoms with Crippen molar-refractivity contribution >= 4 is 11.8 Å². The van der Waals surface area contributed by atoms with Gasteiger partial charge in [0.15, 0.2) is 0 Å². The third-order valence-electron chi connectivity index (χ3n) is 3.78. The summed E-state index contributed by atoms with van der Waals surface area (Å²) >= 11 is 0. The molecule has 22 heavy (non-hydrogen) atoms. The summed E-state index contributed by atoms with van der Waals surface area (Å²) in [6, 6.07) is 7.77. The van der Waals surface area contributed by atoms with Crippen LogP contribution in [0.15, 0.2) is 36.9 Å². The van der Waals surface area contributed by atoms with Gasteiger partial charge in [-0.2, -0.15) is 0 Å². The summed E-state index contributed by atoms with van der Waals surface area (Å²) in [6.45, 7) is 5.16. The minimum atomic E-state index is -0.252. The van der Waals surface area contributed by atoms with E-state index >= 15 is 0 Å². The summed E-state index contributed by atoms with van der Waals surface area (Å²) in [5.74, 6) is 0.527. The van der Waals surface area contributed by atoms with Crippen molar-refractivity contribution in [3.05, 3.63) is 42.5 Å². The fraction of sp³-hybridized carbons (Fsp3) is 0.412. The third kappa shape index (κ3) is 4.10. The van der Waals surface area contributed by atoms with Crippen LogP contribution in [0.1, 0.15) is 12.0 Å². The van der Waals surface area contributed by atoms with Crippen LogP contribution in [0.4, 0.5) is 0 Å². The second-order valence-corrected chi connectivity index (χ2v) is 5.38. The predicted octanol–water partition coefficient (Wildman–Crippen LogP) is 1.39.